The van der Waals surface area contributed by atoms with Gasteiger partial charge in [0.25, 0.3) is 0 Å². The summed E-state index contributed by atoms with van der Waals surface area (Å²) in [5.41, 5.74) is 0.433. The lowest BCUT2D eigenvalue weighted by Gasteiger charge is -2.31. The molecule has 1 unspecified atom stereocenters. The SMILES string of the molecule is N#CC1CNCCN1CCC(=O)Nc1c(Cl)cccc1Cl. The molecular weight excluding hydrogens is 311 g/mol. The summed E-state index contributed by atoms with van der Waals surface area (Å²) in [7, 11) is 0. The van der Waals surface area contributed by atoms with Crippen molar-refractivity contribution in [1.29, 1.82) is 5.26 Å². The first-order valence-corrected chi connectivity index (χ1v) is 7.45. The molecule has 1 aromatic rings. The van der Waals surface area contributed by atoms with Gasteiger partial charge in [0.2, 0.25) is 5.91 Å². The number of nitrogens with zero attached hydrogens (tertiary/aromatic N) is 2. The number of anilines is 1. The Morgan fingerprint density at radius 1 is 1.48 bits per heavy atom. The maximum atomic E-state index is 12.0. The molecule has 7 heteroatoms. The summed E-state index contributed by atoms with van der Waals surface area (Å²) in [6.07, 6.45) is 0.291. The molecule has 0 aliphatic carbocycles. The van der Waals surface area contributed by atoms with Crippen LogP contribution in [0.5, 0.6) is 0 Å². The summed E-state index contributed by atoms with van der Waals surface area (Å²) >= 11 is 12.0. The van der Waals surface area contributed by atoms with Crippen LogP contribution < -0.4 is 10.6 Å². The molecule has 2 rings (SSSR count). The number of hydrogen-bond donors (Lipinski definition) is 2. The summed E-state index contributed by atoms with van der Waals surface area (Å²) in [5, 5.41) is 15.8. The van der Waals surface area contributed by atoms with Gasteiger partial charge in [-0.3, -0.25) is 9.69 Å². The van der Waals surface area contributed by atoms with Crippen LogP contribution in [0.15, 0.2) is 18.2 Å². The van der Waals surface area contributed by atoms with E-state index >= 15 is 0 Å². The van der Waals surface area contributed by atoms with E-state index < -0.39 is 0 Å². The third kappa shape index (κ3) is 4.32. The maximum Gasteiger partial charge on any atom is 0.225 e. The van der Waals surface area contributed by atoms with Gasteiger partial charge in [-0.1, -0.05) is 29.3 Å². The van der Waals surface area contributed by atoms with Gasteiger partial charge < -0.3 is 10.6 Å². The first kappa shape index (κ1) is 16.1. The largest absolute Gasteiger partial charge is 0.324 e. The highest BCUT2D eigenvalue weighted by Gasteiger charge is 2.22. The molecule has 1 aliphatic heterocycles. The highest BCUT2D eigenvalue weighted by molar-refractivity contribution is 6.39. The van der Waals surface area contributed by atoms with E-state index in [0.717, 1.165) is 13.1 Å². The van der Waals surface area contributed by atoms with Gasteiger partial charge >= 0.3 is 0 Å². The van der Waals surface area contributed by atoms with E-state index in [9.17, 15) is 4.79 Å². The predicted octanol–water partition coefficient (Wildman–Crippen LogP) is 2.12. The van der Waals surface area contributed by atoms with Crippen LogP contribution in [0.2, 0.25) is 10.0 Å². The van der Waals surface area contributed by atoms with Gasteiger partial charge in [-0.2, -0.15) is 5.26 Å². The fourth-order valence-corrected chi connectivity index (χ4v) is 2.70. The Hall–Kier alpha value is -1.32. The predicted molar refractivity (Wildman–Crippen MR) is 83.6 cm³/mol. The number of para-hydroxylation sites is 1. The molecule has 1 atom stereocenters. The van der Waals surface area contributed by atoms with E-state index in [1.807, 2.05) is 4.90 Å². The van der Waals surface area contributed by atoms with Crippen LogP contribution in [0.25, 0.3) is 0 Å². The smallest absolute Gasteiger partial charge is 0.225 e. The normalized spacial score (nSPS) is 19.0. The zero-order chi connectivity index (χ0) is 15.2. The maximum absolute atomic E-state index is 12.0. The Balaban J connectivity index is 1.89. The van der Waals surface area contributed by atoms with Crippen molar-refractivity contribution in [3.63, 3.8) is 0 Å². The van der Waals surface area contributed by atoms with Crippen LogP contribution in [0.3, 0.4) is 0 Å². The minimum atomic E-state index is -0.185. The summed E-state index contributed by atoms with van der Waals surface area (Å²) in [6, 6.07) is 7.11. The number of piperazine rings is 1. The van der Waals surface area contributed by atoms with E-state index in [0.29, 0.717) is 35.2 Å². The lowest BCUT2D eigenvalue weighted by atomic mass is 10.2. The number of benzene rings is 1. The minimum Gasteiger partial charge on any atom is -0.324 e. The number of nitrogens with one attached hydrogen (secondary N) is 2. The lowest BCUT2D eigenvalue weighted by Crippen LogP contribution is -2.51. The molecule has 0 radical (unpaired) electrons. The summed E-state index contributed by atoms with van der Waals surface area (Å²) < 4.78 is 0. The molecule has 0 bridgehead atoms. The summed E-state index contributed by atoms with van der Waals surface area (Å²) in [5.74, 6) is -0.166. The van der Waals surface area contributed by atoms with Crippen LogP contribution in [0.1, 0.15) is 6.42 Å². The van der Waals surface area contributed by atoms with Crippen molar-refractivity contribution in [2.24, 2.45) is 0 Å². The van der Waals surface area contributed by atoms with Crippen molar-refractivity contribution in [3.05, 3.63) is 28.2 Å². The van der Waals surface area contributed by atoms with E-state index in [1.54, 1.807) is 18.2 Å². The van der Waals surface area contributed by atoms with Crippen LogP contribution in [0, 0.1) is 11.3 Å². The molecule has 5 nitrogen and oxygen atoms in total. The molecule has 1 heterocycles. The average molecular weight is 327 g/mol. The standard InChI is InChI=1S/C14H16Cl2N4O/c15-11-2-1-3-12(16)14(11)19-13(21)4-6-20-7-5-18-9-10(20)8-17/h1-3,10,18H,4-7,9H2,(H,19,21). The number of carbonyl (C=O) groups is 1. The third-order valence-electron chi connectivity index (χ3n) is 3.36. The lowest BCUT2D eigenvalue weighted by molar-refractivity contribution is -0.116. The highest BCUT2D eigenvalue weighted by Crippen LogP contribution is 2.29. The molecule has 2 N–H and O–H groups in total. The van der Waals surface area contributed by atoms with Crippen molar-refractivity contribution >= 4 is 34.8 Å². The van der Waals surface area contributed by atoms with E-state index in [2.05, 4.69) is 16.7 Å². The van der Waals surface area contributed by atoms with Crippen molar-refractivity contribution in [2.45, 2.75) is 12.5 Å². The van der Waals surface area contributed by atoms with Gasteiger partial charge in [-0.05, 0) is 12.1 Å². The van der Waals surface area contributed by atoms with Gasteiger partial charge in [0, 0.05) is 32.6 Å². The molecule has 1 saturated heterocycles. The van der Waals surface area contributed by atoms with Gasteiger partial charge in [0.15, 0.2) is 0 Å². The van der Waals surface area contributed by atoms with E-state index in [-0.39, 0.29) is 11.9 Å². The van der Waals surface area contributed by atoms with Crippen LogP contribution in [-0.4, -0.2) is 43.0 Å². The van der Waals surface area contributed by atoms with Crippen molar-refractivity contribution in [2.75, 3.05) is 31.5 Å². The van der Waals surface area contributed by atoms with E-state index in [1.165, 1.54) is 0 Å². The second-order valence-corrected chi connectivity index (χ2v) is 5.59. The number of nitriles is 1. The molecule has 1 aliphatic rings. The number of amides is 1. The molecule has 1 aromatic carbocycles. The van der Waals surface area contributed by atoms with Crippen LogP contribution >= 0.6 is 23.2 Å². The highest BCUT2D eigenvalue weighted by atomic mass is 35.5. The number of rotatable bonds is 4. The first-order valence-electron chi connectivity index (χ1n) is 6.70. The Bertz CT molecular complexity index is 538. The number of carbonyl (C=O) groups excluding carboxylic acids is 1. The number of hydrogen-bond acceptors (Lipinski definition) is 4. The molecule has 0 aromatic heterocycles. The zero-order valence-corrected chi connectivity index (χ0v) is 12.9. The molecule has 1 amide bonds. The molecule has 0 spiro atoms. The van der Waals surface area contributed by atoms with Crippen molar-refractivity contribution in [1.82, 2.24) is 10.2 Å². The quantitative estimate of drug-likeness (QED) is 0.889. The zero-order valence-electron chi connectivity index (χ0n) is 11.4. The fourth-order valence-electron chi connectivity index (χ4n) is 2.21. The van der Waals surface area contributed by atoms with Crippen LogP contribution in [0.4, 0.5) is 5.69 Å². The van der Waals surface area contributed by atoms with Gasteiger partial charge in [-0.15, -0.1) is 0 Å². The molecular formula is C14H16Cl2N4O. The number of halogens is 2. The summed E-state index contributed by atoms with van der Waals surface area (Å²) in [4.78, 5) is 14.0. The van der Waals surface area contributed by atoms with Crippen LogP contribution in [-0.2, 0) is 4.79 Å². The molecule has 1 fully saturated rings. The average Bonchev–Trinajstić information content (AvgIpc) is 2.49. The fraction of sp³-hybridized carbons (Fsp3) is 0.429. The molecule has 21 heavy (non-hydrogen) atoms. The second kappa shape index (κ2) is 7.62. The van der Waals surface area contributed by atoms with Crippen molar-refractivity contribution in [3.8, 4) is 6.07 Å². The molecule has 0 saturated carbocycles. The van der Waals surface area contributed by atoms with Gasteiger partial charge in [0.05, 0.1) is 21.8 Å². The van der Waals surface area contributed by atoms with Crippen molar-refractivity contribution < 1.29 is 4.79 Å². The Morgan fingerprint density at radius 3 is 2.86 bits per heavy atom. The third-order valence-corrected chi connectivity index (χ3v) is 3.99. The minimum absolute atomic E-state index is 0.166. The monoisotopic (exact) mass is 326 g/mol. The molecule has 112 valence electrons. The Morgan fingerprint density at radius 2 is 2.19 bits per heavy atom. The summed E-state index contributed by atoms with van der Waals surface area (Å²) in [6.45, 7) is 2.76. The Labute approximate surface area is 133 Å². The Kier molecular flexibility index (Phi) is 5.83. The topological polar surface area (TPSA) is 68.2 Å². The van der Waals surface area contributed by atoms with Gasteiger partial charge in [0.1, 0.15) is 6.04 Å². The second-order valence-electron chi connectivity index (χ2n) is 4.78. The van der Waals surface area contributed by atoms with E-state index in [4.69, 9.17) is 28.5 Å². The van der Waals surface area contributed by atoms with Gasteiger partial charge in [-0.25, -0.2) is 0 Å². The first-order chi connectivity index (χ1) is 10.1.